The predicted octanol–water partition coefficient (Wildman–Crippen LogP) is 1.98. The molecule has 2 aromatic rings. The number of nitriles is 1. The number of fused-ring (bicyclic) bond motifs is 1. The van der Waals surface area contributed by atoms with E-state index < -0.39 is 37.4 Å². The Morgan fingerprint density at radius 2 is 2.11 bits per heavy atom. The van der Waals surface area contributed by atoms with Gasteiger partial charge in [0.2, 0.25) is 5.95 Å². The molecule has 0 unspecified atom stereocenters. The smallest absolute Gasteiger partial charge is 0.444 e. The number of aromatic nitrogens is 4. The lowest BCUT2D eigenvalue weighted by molar-refractivity contribution is -0.0243. The van der Waals surface area contributed by atoms with Crippen LogP contribution in [0, 0.1) is 11.3 Å². The highest BCUT2D eigenvalue weighted by molar-refractivity contribution is 7.48. The van der Waals surface area contributed by atoms with E-state index in [9.17, 15) is 14.2 Å². The Kier molecular flexibility index (Phi) is 9.04. The number of rotatable bonds is 11. The zero-order valence-electron chi connectivity index (χ0n) is 20.3. The van der Waals surface area contributed by atoms with Gasteiger partial charge in [-0.15, -0.1) is 0 Å². The summed E-state index contributed by atoms with van der Waals surface area (Å²) in [6.07, 6.45) is 0.908. The zero-order valence-corrected chi connectivity index (χ0v) is 21.2. The van der Waals surface area contributed by atoms with E-state index >= 15 is 0 Å². The number of imidazole rings is 1. The summed E-state index contributed by atoms with van der Waals surface area (Å²) in [6, 6.07) is 1.88. The van der Waals surface area contributed by atoms with E-state index in [1.165, 1.54) is 6.33 Å². The van der Waals surface area contributed by atoms with Crippen molar-refractivity contribution in [1.82, 2.24) is 24.8 Å². The first kappa shape index (κ1) is 27.6. The molecular formula is C20H30N7O8P. The minimum atomic E-state index is -4.05. The number of hydrogen-bond acceptors (Lipinski definition) is 12. The number of ether oxygens (including phenoxy) is 2. The Bertz CT molecular complexity index is 1200. The fourth-order valence-electron chi connectivity index (χ4n) is 3.28. The van der Waals surface area contributed by atoms with Crippen LogP contribution in [0.4, 0.5) is 10.7 Å². The SMILES string of the molecule is CC(C)(C)OC(=O)NCCO[P@](=O)(OCCC#N)OC[C@@H]1CC[C@H](n2cnc3c(=O)[nH]c(N)nc32)O1. The third-order valence-corrected chi connectivity index (χ3v) is 6.21. The van der Waals surface area contributed by atoms with Gasteiger partial charge in [-0.2, -0.15) is 10.2 Å². The molecule has 3 rings (SSSR count). The Hall–Kier alpha value is -3.02. The molecule has 2 aromatic heterocycles. The Morgan fingerprint density at radius 1 is 1.36 bits per heavy atom. The largest absolute Gasteiger partial charge is 0.474 e. The fraction of sp³-hybridized carbons (Fsp3) is 0.650. The molecule has 1 saturated heterocycles. The molecule has 3 heterocycles. The Labute approximate surface area is 206 Å². The van der Waals surface area contributed by atoms with Gasteiger partial charge in [-0.05, 0) is 33.6 Å². The van der Waals surface area contributed by atoms with Crippen molar-refractivity contribution in [2.24, 2.45) is 0 Å². The molecule has 1 aliphatic rings. The molecule has 0 spiro atoms. The summed E-state index contributed by atoms with van der Waals surface area (Å²) in [6.45, 7) is 4.71. The molecule has 0 bridgehead atoms. The van der Waals surface area contributed by atoms with Crippen LogP contribution in [-0.4, -0.2) is 63.7 Å². The number of nitrogens with one attached hydrogen (secondary N) is 2. The molecule has 0 radical (unpaired) electrons. The number of nitrogens with zero attached hydrogens (tertiary/aromatic N) is 4. The van der Waals surface area contributed by atoms with E-state index in [1.807, 2.05) is 6.07 Å². The number of H-pyrrole nitrogens is 1. The first-order valence-electron chi connectivity index (χ1n) is 11.2. The minimum Gasteiger partial charge on any atom is -0.444 e. The third-order valence-electron chi connectivity index (χ3n) is 4.75. The molecule has 1 aliphatic heterocycles. The predicted molar refractivity (Wildman–Crippen MR) is 126 cm³/mol. The molecule has 0 aliphatic carbocycles. The molecule has 16 heteroatoms. The standard InChI is InChI=1S/C20H30N7O8P/c1-20(2,3)35-19(29)23-8-10-32-36(30,31-9-4-7-21)33-11-13-5-6-14(34-13)27-12-24-15-16(27)25-18(22)26-17(15)28/h12-14H,4-6,8-11H2,1-3H3,(H,23,29)(H3,22,25,26,28)/t13-,14+,36-/m0/s1. The van der Waals surface area contributed by atoms with Crippen LogP contribution in [0.5, 0.6) is 0 Å². The van der Waals surface area contributed by atoms with E-state index in [0.29, 0.717) is 12.8 Å². The van der Waals surface area contributed by atoms with E-state index in [1.54, 1.807) is 25.3 Å². The first-order valence-corrected chi connectivity index (χ1v) is 12.7. The Morgan fingerprint density at radius 3 is 2.83 bits per heavy atom. The van der Waals surface area contributed by atoms with Crippen molar-refractivity contribution in [2.75, 3.05) is 32.1 Å². The molecule has 0 saturated carbocycles. The van der Waals surface area contributed by atoms with Crippen LogP contribution in [0.3, 0.4) is 0 Å². The summed E-state index contributed by atoms with van der Waals surface area (Å²) in [7, 11) is -4.05. The number of nitrogen functional groups attached to an aromatic ring is 1. The number of phosphoric acid groups is 1. The van der Waals surface area contributed by atoms with Crippen LogP contribution in [0.15, 0.2) is 11.1 Å². The average Bonchev–Trinajstić information content (AvgIpc) is 3.41. The van der Waals surface area contributed by atoms with E-state index in [4.69, 9.17) is 34.0 Å². The maximum Gasteiger partial charge on any atom is 0.474 e. The first-order chi connectivity index (χ1) is 17.0. The fourth-order valence-corrected chi connectivity index (χ4v) is 4.48. The number of amides is 1. The highest BCUT2D eigenvalue weighted by Gasteiger charge is 2.33. The maximum atomic E-state index is 13.0. The van der Waals surface area contributed by atoms with Gasteiger partial charge in [-0.25, -0.2) is 14.3 Å². The van der Waals surface area contributed by atoms with Gasteiger partial charge in [0.1, 0.15) is 11.8 Å². The van der Waals surface area contributed by atoms with Gasteiger partial charge < -0.3 is 20.5 Å². The molecule has 1 fully saturated rings. The summed E-state index contributed by atoms with van der Waals surface area (Å²) in [4.78, 5) is 34.3. The molecule has 1 amide bonds. The van der Waals surface area contributed by atoms with Gasteiger partial charge in [-0.1, -0.05) is 0 Å². The van der Waals surface area contributed by atoms with Crippen LogP contribution >= 0.6 is 7.82 Å². The number of hydrogen-bond donors (Lipinski definition) is 3. The minimum absolute atomic E-state index is 0.00512. The highest BCUT2D eigenvalue weighted by atomic mass is 31.2. The van der Waals surface area contributed by atoms with Crippen molar-refractivity contribution in [3.05, 3.63) is 16.7 Å². The van der Waals surface area contributed by atoms with Crippen molar-refractivity contribution >= 4 is 31.0 Å². The van der Waals surface area contributed by atoms with Gasteiger partial charge >= 0.3 is 13.9 Å². The number of carbonyl (C=O) groups is 1. The molecule has 0 aromatic carbocycles. The normalized spacial score (nSPS) is 19.6. The molecule has 15 nitrogen and oxygen atoms in total. The molecule has 4 N–H and O–H groups in total. The lowest BCUT2D eigenvalue weighted by atomic mass is 10.2. The number of anilines is 1. The van der Waals surface area contributed by atoms with Gasteiger partial charge in [0.05, 0.1) is 44.7 Å². The monoisotopic (exact) mass is 527 g/mol. The number of alkyl carbamates (subject to hydrolysis) is 1. The number of carbonyl (C=O) groups excluding carboxylic acids is 1. The van der Waals surface area contributed by atoms with Crippen LogP contribution in [0.2, 0.25) is 0 Å². The lowest BCUT2D eigenvalue weighted by Gasteiger charge is -2.21. The quantitative estimate of drug-likeness (QED) is 0.283. The topological polar surface area (TPSA) is 206 Å². The summed E-state index contributed by atoms with van der Waals surface area (Å²) in [5.41, 5.74) is 4.94. The third kappa shape index (κ3) is 7.74. The van der Waals surface area contributed by atoms with E-state index in [2.05, 4.69) is 20.3 Å². The second-order valence-corrected chi connectivity index (χ2v) is 10.5. The lowest BCUT2D eigenvalue weighted by Crippen LogP contribution is -2.34. The molecule has 198 valence electrons. The summed E-state index contributed by atoms with van der Waals surface area (Å²) in [5.74, 6) is -0.0408. The van der Waals surface area contributed by atoms with Gasteiger partial charge in [0, 0.05) is 6.54 Å². The Balaban J connectivity index is 1.54. The average molecular weight is 527 g/mol. The van der Waals surface area contributed by atoms with Crippen molar-refractivity contribution < 1.29 is 32.4 Å². The molecule has 36 heavy (non-hydrogen) atoms. The second kappa shape index (κ2) is 11.8. The molecular weight excluding hydrogens is 497 g/mol. The number of nitrogens with two attached hydrogens (primary N) is 1. The van der Waals surface area contributed by atoms with Gasteiger partial charge in [0.25, 0.3) is 5.56 Å². The van der Waals surface area contributed by atoms with Crippen LogP contribution in [0.1, 0.15) is 46.3 Å². The van der Waals surface area contributed by atoms with Gasteiger partial charge in [0.15, 0.2) is 11.2 Å². The summed E-state index contributed by atoms with van der Waals surface area (Å²) in [5, 5.41) is 11.2. The van der Waals surface area contributed by atoms with Crippen LogP contribution in [-0.2, 0) is 27.6 Å². The maximum absolute atomic E-state index is 13.0. The van der Waals surface area contributed by atoms with Crippen molar-refractivity contribution in [2.45, 2.75) is 58.0 Å². The summed E-state index contributed by atoms with van der Waals surface area (Å²) >= 11 is 0. The van der Waals surface area contributed by atoms with Crippen LogP contribution < -0.4 is 16.6 Å². The summed E-state index contributed by atoms with van der Waals surface area (Å²) < 4.78 is 41.7. The van der Waals surface area contributed by atoms with Crippen LogP contribution in [0.25, 0.3) is 11.2 Å². The second-order valence-electron chi connectivity index (χ2n) is 8.81. The van der Waals surface area contributed by atoms with Crippen molar-refractivity contribution in [3.63, 3.8) is 0 Å². The number of aromatic amines is 1. The molecule has 3 atom stereocenters. The van der Waals surface area contributed by atoms with Crippen molar-refractivity contribution in [3.8, 4) is 6.07 Å². The van der Waals surface area contributed by atoms with Gasteiger partial charge in [-0.3, -0.25) is 27.9 Å². The highest BCUT2D eigenvalue weighted by Crippen LogP contribution is 2.50. The zero-order chi connectivity index (χ0) is 26.3. The van der Waals surface area contributed by atoms with E-state index in [-0.39, 0.29) is 49.9 Å². The van der Waals surface area contributed by atoms with E-state index in [0.717, 1.165) is 0 Å². The number of phosphoric ester groups is 1. The van der Waals surface area contributed by atoms with Crippen molar-refractivity contribution in [1.29, 1.82) is 5.26 Å².